The Hall–Kier alpha value is -1.99. The van der Waals surface area contributed by atoms with E-state index in [1.165, 1.54) is 12.1 Å². The minimum atomic E-state index is -0.242. The quantitative estimate of drug-likeness (QED) is 0.724. The number of piperidine rings is 1. The number of nitrogens with zero attached hydrogens (tertiary/aromatic N) is 4. The van der Waals surface area contributed by atoms with E-state index in [4.69, 9.17) is 4.74 Å². The Morgan fingerprint density at radius 2 is 2.17 bits per heavy atom. The van der Waals surface area contributed by atoms with E-state index in [1.807, 2.05) is 17.6 Å². The molecule has 0 spiro atoms. The largest absolute Gasteiger partial charge is 0.377 e. The fourth-order valence-electron chi connectivity index (χ4n) is 3.06. The van der Waals surface area contributed by atoms with Crippen LogP contribution in [-0.4, -0.2) is 40.4 Å². The van der Waals surface area contributed by atoms with Crippen LogP contribution in [0.4, 0.5) is 9.52 Å². The normalized spacial score (nSPS) is 18.4. The number of aromatic nitrogens is 3. The summed E-state index contributed by atoms with van der Waals surface area (Å²) in [6.07, 6.45) is 4.41. The Kier molecular flexibility index (Phi) is 4.20. The number of halogens is 1. The van der Waals surface area contributed by atoms with E-state index in [9.17, 15) is 4.39 Å². The van der Waals surface area contributed by atoms with Crippen LogP contribution in [0, 0.1) is 5.82 Å². The van der Waals surface area contributed by atoms with Crippen LogP contribution in [0.5, 0.6) is 0 Å². The van der Waals surface area contributed by atoms with E-state index in [-0.39, 0.29) is 11.9 Å². The summed E-state index contributed by atoms with van der Waals surface area (Å²) in [7, 11) is 0. The van der Waals surface area contributed by atoms with Gasteiger partial charge in [0.05, 0.1) is 18.0 Å². The third-order valence-corrected chi connectivity index (χ3v) is 5.21. The second-order valence-corrected chi connectivity index (χ2v) is 6.84. The second-order valence-electron chi connectivity index (χ2n) is 5.91. The van der Waals surface area contributed by atoms with Gasteiger partial charge in [0, 0.05) is 25.3 Å². The van der Waals surface area contributed by atoms with Crippen LogP contribution in [0.2, 0.25) is 0 Å². The molecule has 3 aromatic rings. The number of anilines is 1. The van der Waals surface area contributed by atoms with Crippen molar-refractivity contribution >= 4 is 21.4 Å². The Bertz CT molecular complexity index is 795. The van der Waals surface area contributed by atoms with Crippen LogP contribution in [0.1, 0.15) is 19.8 Å². The van der Waals surface area contributed by atoms with Gasteiger partial charge in [-0.2, -0.15) is 0 Å². The number of fused-ring (bicyclic) bond motifs is 1. The molecule has 3 heterocycles. The van der Waals surface area contributed by atoms with Crippen LogP contribution >= 0.6 is 11.3 Å². The summed E-state index contributed by atoms with van der Waals surface area (Å²) in [5.74, 6) is -0.242. The molecule has 5 nitrogen and oxygen atoms in total. The predicted octanol–water partition coefficient (Wildman–Crippen LogP) is 3.60. The van der Waals surface area contributed by atoms with Gasteiger partial charge in [0.2, 0.25) is 10.1 Å². The van der Waals surface area contributed by atoms with Crippen LogP contribution in [-0.2, 0) is 4.74 Å². The zero-order valence-corrected chi connectivity index (χ0v) is 14.3. The van der Waals surface area contributed by atoms with Gasteiger partial charge in [-0.3, -0.25) is 0 Å². The first kappa shape index (κ1) is 15.5. The van der Waals surface area contributed by atoms with Crippen molar-refractivity contribution < 1.29 is 9.13 Å². The van der Waals surface area contributed by atoms with Gasteiger partial charge >= 0.3 is 0 Å². The number of benzene rings is 1. The van der Waals surface area contributed by atoms with E-state index in [0.717, 1.165) is 53.9 Å². The third kappa shape index (κ3) is 3.01. The van der Waals surface area contributed by atoms with Gasteiger partial charge in [-0.25, -0.2) is 13.9 Å². The van der Waals surface area contributed by atoms with Gasteiger partial charge in [-0.1, -0.05) is 11.3 Å². The van der Waals surface area contributed by atoms with Crippen molar-refractivity contribution in [1.82, 2.24) is 14.6 Å². The maximum Gasteiger partial charge on any atom is 0.214 e. The number of imidazole rings is 1. The second kappa shape index (κ2) is 6.49. The summed E-state index contributed by atoms with van der Waals surface area (Å²) >= 11 is 1.58. The zero-order chi connectivity index (χ0) is 16.5. The Balaban J connectivity index is 1.56. The van der Waals surface area contributed by atoms with Crippen molar-refractivity contribution in [3.63, 3.8) is 0 Å². The molecule has 0 radical (unpaired) electrons. The maximum absolute atomic E-state index is 13.0. The highest BCUT2D eigenvalue weighted by Crippen LogP contribution is 2.29. The molecule has 0 N–H and O–H groups in total. The first-order valence-electron chi connectivity index (χ1n) is 8.21. The van der Waals surface area contributed by atoms with Crippen molar-refractivity contribution in [2.45, 2.75) is 25.9 Å². The lowest BCUT2D eigenvalue weighted by Gasteiger charge is -2.31. The van der Waals surface area contributed by atoms with Crippen molar-refractivity contribution in [1.29, 1.82) is 0 Å². The maximum atomic E-state index is 13.0. The average Bonchev–Trinajstić information content (AvgIpc) is 3.15. The van der Waals surface area contributed by atoms with E-state index < -0.39 is 0 Å². The van der Waals surface area contributed by atoms with Crippen molar-refractivity contribution in [2.75, 3.05) is 24.6 Å². The number of hydrogen-bond donors (Lipinski definition) is 0. The molecule has 126 valence electrons. The SMILES string of the molecule is CCOC1CCCN(c2nn3cc(-c4ccc(F)cc4)nc3s2)C1. The van der Waals surface area contributed by atoms with Crippen LogP contribution in [0.25, 0.3) is 16.2 Å². The molecule has 1 aliphatic rings. The monoisotopic (exact) mass is 346 g/mol. The first-order chi connectivity index (χ1) is 11.7. The third-order valence-electron chi connectivity index (χ3n) is 4.22. The van der Waals surface area contributed by atoms with Crippen molar-refractivity contribution in [3.05, 3.63) is 36.3 Å². The number of hydrogen-bond acceptors (Lipinski definition) is 5. The predicted molar refractivity (Wildman–Crippen MR) is 93.1 cm³/mol. The van der Waals surface area contributed by atoms with Crippen molar-refractivity contribution in [2.24, 2.45) is 0 Å². The lowest BCUT2D eigenvalue weighted by Crippen LogP contribution is -2.39. The van der Waals surface area contributed by atoms with Crippen LogP contribution in [0.15, 0.2) is 30.5 Å². The highest BCUT2D eigenvalue weighted by molar-refractivity contribution is 7.20. The fraction of sp³-hybridized carbons (Fsp3) is 0.412. The highest BCUT2D eigenvalue weighted by atomic mass is 32.1. The molecule has 0 amide bonds. The summed E-state index contributed by atoms with van der Waals surface area (Å²) in [5.41, 5.74) is 1.70. The van der Waals surface area contributed by atoms with Crippen LogP contribution < -0.4 is 4.90 Å². The van der Waals surface area contributed by atoms with E-state index in [0.29, 0.717) is 0 Å². The molecule has 1 unspecified atom stereocenters. The van der Waals surface area contributed by atoms with E-state index >= 15 is 0 Å². The van der Waals surface area contributed by atoms with Gasteiger partial charge in [-0.05, 0) is 44.0 Å². The molecule has 2 aromatic heterocycles. The standard InChI is InChI=1S/C17H19FN4OS/c1-2-23-14-4-3-9-21(10-14)17-20-22-11-15(19-16(22)24-17)12-5-7-13(18)8-6-12/h5-8,11,14H,2-4,9-10H2,1H3. The molecule has 7 heteroatoms. The van der Waals surface area contributed by atoms with Gasteiger partial charge in [0.15, 0.2) is 0 Å². The molecule has 1 atom stereocenters. The van der Waals surface area contributed by atoms with Gasteiger partial charge in [-0.15, -0.1) is 5.10 Å². The smallest absolute Gasteiger partial charge is 0.214 e. The molecular formula is C17H19FN4OS. The molecular weight excluding hydrogens is 327 g/mol. The lowest BCUT2D eigenvalue weighted by atomic mass is 10.1. The summed E-state index contributed by atoms with van der Waals surface area (Å²) in [6.45, 7) is 4.68. The lowest BCUT2D eigenvalue weighted by molar-refractivity contribution is 0.0526. The summed E-state index contributed by atoms with van der Waals surface area (Å²) < 4.78 is 20.6. The molecule has 1 fully saturated rings. The average molecular weight is 346 g/mol. The van der Waals surface area contributed by atoms with Crippen molar-refractivity contribution in [3.8, 4) is 11.3 Å². The van der Waals surface area contributed by atoms with Gasteiger partial charge in [0.25, 0.3) is 0 Å². The molecule has 1 aliphatic heterocycles. The minimum absolute atomic E-state index is 0.242. The number of rotatable bonds is 4. The Morgan fingerprint density at radius 3 is 2.92 bits per heavy atom. The molecule has 0 bridgehead atoms. The fourth-order valence-corrected chi connectivity index (χ4v) is 3.98. The summed E-state index contributed by atoms with van der Waals surface area (Å²) in [6, 6.07) is 6.37. The zero-order valence-electron chi connectivity index (χ0n) is 13.5. The first-order valence-corrected chi connectivity index (χ1v) is 9.03. The topological polar surface area (TPSA) is 42.7 Å². The van der Waals surface area contributed by atoms with Gasteiger partial charge < -0.3 is 9.64 Å². The van der Waals surface area contributed by atoms with E-state index in [2.05, 4.69) is 15.0 Å². The summed E-state index contributed by atoms with van der Waals surface area (Å²) in [5, 5.41) is 5.64. The molecule has 1 aromatic carbocycles. The molecule has 0 aliphatic carbocycles. The highest BCUT2D eigenvalue weighted by Gasteiger charge is 2.23. The van der Waals surface area contributed by atoms with Crippen LogP contribution in [0.3, 0.4) is 0 Å². The molecule has 24 heavy (non-hydrogen) atoms. The van der Waals surface area contributed by atoms with E-state index in [1.54, 1.807) is 23.5 Å². The molecule has 0 saturated carbocycles. The summed E-state index contributed by atoms with van der Waals surface area (Å²) in [4.78, 5) is 7.75. The van der Waals surface area contributed by atoms with Gasteiger partial charge in [0.1, 0.15) is 5.82 Å². The molecule has 4 rings (SSSR count). The Labute approximate surface area is 143 Å². The Morgan fingerprint density at radius 1 is 1.33 bits per heavy atom. The molecule has 1 saturated heterocycles. The minimum Gasteiger partial charge on any atom is -0.377 e. The number of ether oxygens (including phenoxy) is 1.